The number of amides is 1. The van der Waals surface area contributed by atoms with Gasteiger partial charge in [-0.15, -0.1) is 0 Å². The summed E-state index contributed by atoms with van der Waals surface area (Å²) in [6, 6.07) is 16.2. The quantitative estimate of drug-likeness (QED) is 0.587. The monoisotopic (exact) mass is 424 g/mol. The smallest absolute Gasteiger partial charge is 0.259 e. The summed E-state index contributed by atoms with van der Waals surface area (Å²) in [5.74, 6) is -3.34. The van der Waals surface area contributed by atoms with Gasteiger partial charge in [0, 0.05) is 37.3 Å². The summed E-state index contributed by atoms with van der Waals surface area (Å²) in [4.78, 5) is 28.1. The van der Waals surface area contributed by atoms with Gasteiger partial charge in [-0.3, -0.25) is 9.59 Å². The van der Waals surface area contributed by atoms with E-state index in [9.17, 15) is 22.8 Å². The zero-order valence-electron chi connectivity index (χ0n) is 16.5. The molecule has 0 N–H and O–H groups in total. The van der Waals surface area contributed by atoms with E-state index < -0.39 is 28.9 Å². The van der Waals surface area contributed by atoms with Crippen molar-refractivity contribution in [3.63, 3.8) is 0 Å². The third kappa shape index (κ3) is 4.17. The zero-order valence-corrected chi connectivity index (χ0v) is 16.5. The van der Waals surface area contributed by atoms with E-state index >= 15 is 0 Å². The number of rotatable bonds is 4. The minimum absolute atomic E-state index is 0.191. The van der Waals surface area contributed by atoms with Crippen molar-refractivity contribution in [3.05, 3.63) is 101 Å². The van der Waals surface area contributed by atoms with E-state index in [1.54, 1.807) is 47.4 Å². The molecule has 1 heterocycles. The second-order valence-corrected chi connectivity index (χ2v) is 7.24. The fourth-order valence-electron chi connectivity index (χ4n) is 3.67. The maximum absolute atomic E-state index is 14.8. The van der Waals surface area contributed by atoms with Gasteiger partial charge in [-0.1, -0.05) is 36.4 Å². The fourth-order valence-corrected chi connectivity index (χ4v) is 3.67. The van der Waals surface area contributed by atoms with Gasteiger partial charge in [0.1, 0.15) is 23.0 Å². The number of halogens is 3. The number of nitrogens with zero attached hydrogens (tertiary/aromatic N) is 2. The van der Waals surface area contributed by atoms with Crippen LogP contribution in [0, 0.1) is 17.5 Å². The van der Waals surface area contributed by atoms with E-state index in [1.807, 2.05) is 0 Å². The summed E-state index contributed by atoms with van der Waals surface area (Å²) < 4.78 is 42.6. The summed E-state index contributed by atoms with van der Waals surface area (Å²) >= 11 is 0. The third-order valence-electron chi connectivity index (χ3n) is 5.33. The average Bonchev–Trinajstić information content (AvgIpc) is 2.79. The maximum Gasteiger partial charge on any atom is 0.259 e. The molecular formula is C24H19F3N2O2. The Morgan fingerprint density at radius 3 is 1.94 bits per heavy atom. The van der Waals surface area contributed by atoms with Crippen LogP contribution < -0.4 is 4.90 Å². The van der Waals surface area contributed by atoms with Gasteiger partial charge in [0.05, 0.1) is 5.69 Å². The van der Waals surface area contributed by atoms with Crippen molar-refractivity contribution in [2.45, 2.75) is 0 Å². The summed E-state index contributed by atoms with van der Waals surface area (Å²) in [6.07, 6.45) is 0. The van der Waals surface area contributed by atoms with Gasteiger partial charge in [0.2, 0.25) is 0 Å². The van der Waals surface area contributed by atoms with E-state index in [4.69, 9.17) is 0 Å². The highest BCUT2D eigenvalue weighted by Gasteiger charge is 2.27. The topological polar surface area (TPSA) is 40.6 Å². The molecule has 0 bridgehead atoms. The van der Waals surface area contributed by atoms with Crippen LogP contribution in [0.1, 0.15) is 26.3 Å². The Bertz CT molecular complexity index is 1110. The van der Waals surface area contributed by atoms with Gasteiger partial charge in [-0.05, 0) is 30.3 Å². The summed E-state index contributed by atoms with van der Waals surface area (Å²) in [5, 5.41) is 0. The molecule has 1 amide bonds. The predicted octanol–water partition coefficient (Wildman–Crippen LogP) is 4.30. The number of hydrogen-bond donors (Lipinski definition) is 0. The number of ketones is 1. The molecule has 4 nitrogen and oxygen atoms in total. The molecule has 3 aromatic carbocycles. The van der Waals surface area contributed by atoms with Crippen molar-refractivity contribution in [1.29, 1.82) is 0 Å². The SMILES string of the molecule is O=C(c1ccccc1)c1ccc(N2CCN(C(=O)c3c(F)cccc3F)CC2)c(F)c1. The number of piperazine rings is 1. The van der Waals surface area contributed by atoms with Gasteiger partial charge in [-0.25, -0.2) is 13.2 Å². The van der Waals surface area contributed by atoms with Crippen LogP contribution in [0.4, 0.5) is 18.9 Å². The normalized spacial score (nSPS) is 13.9. The molecule has 4 rings (SSSR count). The minimum Gasteiger partial charge on any atom is -0.366 e. The lowest BCUT2D eigenvalue weighted by Crippen LogP contribution is -2.49. The first-order valence-corrected chi connectivity index (χ1v) is 9.83. The standard InChI is InChI=1S/C24H19F3N2O2/c25-18-7-4-8-19(26)22(18)24(31)29-13-11-28(12-14-29)21-10-9-17(15-20(21)27)23(30)16-5-2-1-3-6-16/h1-10,15H,11-14H2. The second kappa shape index (κ2) is 8.63. The van der Waals surface area contributed by atoms with Gasteiger partial charge < -0.3 is 9.80 Å². The molecule has 3 aromatic rings. The van der Waals surface area contributed by atoms with E-state index in [1.165, 1.54) is 17.0 Å². The molecule has 0 unspecified atom stereocenters. The first kappa shape index (κ1) is 20.7. The van der Waals surface area contributed by atoms with Crippen LogP contribution in [0.3, 0.4) is 0 Å². The molecule has 0 radical (unpaired) electrons. The second-order valence-electron chi connectivity index (χ2n) is 7.24. The lowest BCUT2D eigenvalue weighted by molar-refractivity contribution is 0.0736. The van der Waals surface area contributed by atoms with Crippen molar-refractivity contribution in [2.75, 3.05) is 31.1 Å². The number of hydrogen-bond acceptors (Lipinski definition) is 3. The number of anilines is 1. The molecule has 1 aliphatic rings. The van der Waals surface area contributed by atoms with E-state index in [-0.39, 0.29) is 24.4 Å². The number of benzene rings is 3. The Morgan fingerprint density at radius 2 is 1.32 bits per heavy atom. The summed E-state index contributed by atoms with van der Waals surface area (Å²) in [6.45, 7) is 0.975. The molecule has 0 aliphatic carbocycles. The highest BCUT2D eigenvalue weighted by Crippen LogP contribution is 2.24. The van der Waals surface area contributed by atoms with Crippen molar-refractivity contribution < 1.29 is 22.8 Å². The van der Waals surface area contributed by atoms with Gasteiger partial charge in [0.25, 0.3) is 5.91 Å². The summed E-state index contributed by atoms with van der Waals surface area (Å²) in [5.41, 5.74) is 0.457. The first-order valence-electron chi connectivity index (χ1n) is 9.83. The molecule has 0 spiro atoms. The zero-order chi connectivity index (χ0) is 22.0. The Morgan fingerprint density at radius 1 is 0.677 bits per heavy atom. The maximum atomic E-state index is 14.8. The molecule has 0 atom stereocenters. The van der Waals surface area contributed by atoms with Crippen molar-refractivity contribution >= 4 is 17.4 Å². The molecule has 31 heavy (non-hydrogen) atoms. The molecule has 7 heteroatoms. The van der Waals surface area contributed by atoms with E-state index in [2.05, 4.69) is 0 Å². The van der Waals surface area contributed by atoms with Crippen LogP contribution in [-0.4, -0.2) is 42.8 Å². The predicted molar refractivity (Wildman–Crippen MR) is 111 cm³/mol. The van der Waals surface area contributed by atoms with Crippen LogP contribution >= 0.6 is 0 Å². The minimum atomic E-state index is -0.905. The molecule has 1 aliphatic heterocycles. The Hall–Kier alpha value is -3.61. The summed E-state index contributed by atoms with van der Waals surface area (Å²) in [7, 11) is 0. The van der Waals surface area contributed by atoms with Gasteiger partial charge in [0.15, 0.2) is 5.78 Å². The largest absolute Gasteiger partial charge is 0.366 e. The molecule has 0 saturated carbocycles. The van der Waals surface area contributed by atoms with Crippen molar-refractivity contribution in [2.24, 2.45) is 0 Å². The van der Waals surface area contributed by atoms with Gasteiger partial charge in [-0.2, -0.15) is 0 Å². The Labute approximate surface area is 177 Å². The lowest BCUT2D eigenvalue weighted by Gasteiger charge is -2.36. The van der Waals surface area contributed by atoms with Crippen LogP contribution in [0.25, 0.3) is 0 Å². The fraction of sp³-hybridized carbons (Fsp3) is 0.167. The average molecular weight is 424 g/mol. The van der Waals surface area contributed by atoms with Crippen LogP contribution in [-0.2, 0) is 0 Å². The van der Waals surface area contributed by atoms with E-state index in [0.717, 1.165) is 12.1 Å². The highest BCUT2D eigenvalue weighted by atomic mass is 19.1. The lowest BCUT2D eigenvalue weighted by atomic mass is 10.0. The number of carbonyl (C=O) groups excluding carboxylic acids is 2. The van der Waals surface area contributed by atoms with Crippen molar-refractivity contribution in [3.8, 4) is 0 Å². The van der Waals surface area contributed by atoms with Crippen molar-refractivity contribution in [1.82, 2.24) is 4.90 Å². The highest BCUT2D eigenvalue weighted by molar-refractivity contribution is 6.09. The number of carbonyl (C=O) groups is 2. The van der Waals surface area contributed by atoms with Crippen LogP contribution in [0.2, 0.25) is 0 Å². The van der Waals surface area contributed by atoms with E-state index in [0.29, 0.717) is 24.3 Å². The molecule has 1 fully saturated rings. The first-order chi connectivity index (χ1) is 15.0. The van der Waals surface area contributed by atoms with Crippen LogP contribution in [0.5, 0.6) is 0 Å². The van der Waals surface area contributed by atoms with Gasteiger partial charge >= 0.3 is 0 Å². The van der Waals surface area contributed by atoms with Crippen LogP contribution in [0.15, 0.2) is 66.7 Å². The Kier molecular flexibility index (Phi) is 5.75. The molecule has 0 aromatic heterocycles. The third-order valence-corrected chi connectivity index (χ3v) is 5.33. The molecular weight excluding hydrogens is 405 g/mol. The molecule has 158 valence electrons. The Balaban J connectivity index is 1.45. The molecule has 1 saturated heterocycles.